The van der Waals surface area contributed by atoms with Crippen molar-refractivity contribution >= 4 is 11.5 Å². The summed E-state index contributed by atoms with van der Waals surface area (Å²) in [7, 11) is 0. The van der Waals surface area contributed by atoms with E-state index in [9.17, 15) is 19.4 Å². The third-order valence-corrected chi connectivity index (χ3v) is 10.5. The van der Waals surface area contributed by atoms with Crippen LogP contribution in [0.15, 0.2) is 65.2 Å². The van der Waals surface area contributed by atoms with Gasteiger partial charge in [0.1, 0.15) is 11.4 Å². The standard InChI is InChI=1S/C31H33FN2O3/c1-29-17-19-4-3-15-34(22-8-6-21(32)7-9-22)25(19)16-20(29)5-10-23-24-11-13-31(37,27(36)12-14-33)30(24,2)18-26(35)28(23)29/h4,6-9,15-16,23-24,26,28,35,37H,5,10-13,17-18H2,1-2H3/t23?,24?,26-,28?,29?,30?,31-/m0/s1. The van der Waals surface area contributed by atoms with Crippen LogP contribution in [0.1, 0.15) is 58.8 Å². The van der Waals surface area contributed by atoms with E-state index in [1.807, 2.05) is 25.3 Å². The molecule has 0 amide bonds. The summed E-state index contributed by atoms with van der Waals surface area (Å²) in [4.78, 5) is 15.0. The number of anilines is 1. The van der Waals surface area contributed by atoms with Crippen LogP contribution in [-0.2, 0) is 4.79 Å². The summed E-state index contributed by atoms with van der Waals surface area (Å²) in [5.41, 5.74) is 5.15. The maximum absolute atomic E-state index is 13.6. The third-order valence-electron chi connectivity index (χ3n) is 10.5. The Hall–Kier alpha value is -2.97. The number of aliphatic hydroxyl groups is 2. The van der Waals surface area contributed by atoms with Gasteiger partial charge in [0.05, 0.1) is 24.8 Å². The van der Waals surface area contributed by atoms with E-state index in [0.717, 1.165) is 42.6 Å². The first-order valence-corrected chi connectivity index (χ1v) is 13.3. The highest BCUT2D eigenvalue weighted by Gasteiger charge is 2.68. The Balaban J connectivity index is 1.34. The molecule has 7 atom stereocenters. The molecule has 1 aliphatic heterocycles. The van der Waals surface area contributed by atoms with Crippen molar-refractivity contribution < 1.29 is 19.4 Å². The van der Waals surface area contributed by atoms with E-state index in [-0.39, 0.29) is 35.4 Å². The number of Topliss-reactive ketones (excluding diaryl/α,β-unsaturated/α-hetero) is 1. The number of fused-ring (bicyclic) bond motifs is 5. The highest BCUT2D eigenvalue weighted by Crippen LogP contribution is 2.68. The van der Waals surface area contributed by atoms with Gasteiger partial charge in [-0.25, -0.2) is 4.39 Å². The molecule has 1 heterocycles. The van der Waals surface area contributed by atoms with Crippen molar-refractivity contribution in [1.82, 2.24) is 0 Å². The van der Waals surface area contributed by atoms with Crippen LogP contribution < -0.4 is 4.90 Å². The van der Waals surface area contributed by atoms with Gasteiger partial charge in [-0.1, -0.05) is 19.4 Å². The first kappa shape index (κ1) is 24.4. The molecule has 4 aliphatic carbocycles. The quantitative estimate of drug-likeness (QED) is 0.549. The Kier molecular flexibility index (Phi) is 5.44. The van der Waals surface area contributed by atoms with Gasteiger partial charge < -0.3 is 15.1 Å². The Morgan fingerprint density at radius 2 is 2.03 bits per heavy atom. The average Bonchev–Trinajstić information content (AvgIpc) is 3.13. The molecule has 6 rings (SSSR count). The van der Waals surface area contributed by atoms with E-state index in [1.54, 1.807) is 12.1 Å². The van der Waals surface area contributed by atoms with Crippen molar-refractivity contribution in [2.75, 3.05) is 4.90 Å². The van der Waals surface area contributed by atoms with Gasteiger partial charge in [0.2, 0.25) is 0 Å². The number of nitrogens with zero attached hydrogens (tertiary/aromatic N) is 2. The molecule has 1 aromatic carbocycles. The minimum atomic E-state index is -1.55. The van der Waals surface area contributed by atoms with E-state index in [0.29, 0.717) is 12.8 Å². The molecule has 0 radical (unpaired) electrons. The molecular formula is C31H33FN2O3. The summed E-state index contributed by atoms with van der Waals surface area (Å²) in [6.07, 6.45) is 9.23. The smallest absolute Gasteiger partial charge is 0.178 e. The highest BCUT2D eigenvalue weighted by molar-refractivity contribution is 5.90. The molecule has 0 spiro atoms. The lowest BCUT2D eigenvalue weighted by atomic mass is 9.45. The lowest BCUT2D eigenvalue weighted by molar-refractivity contribution is -0.178. The lowest BCUT2D eigenvalue weighted by Gasteiger charge is -2.60. The number of halogens is 1. The van der Waals surface area contributed by atoms with Crippen LogP contribution in [0.3, 0.4) is 0 Å². The van der Waals surface area contributed by atoms with Gasteiger partial charge in [0, 0.05) is 16.8 Å². The number of carbonyl (C=O) groups is 1. The van der Waals surface area contributed by atoms with Crippen molar-refractivity contribution in [3.8, 4) is 6.07 Å². The maximum atomic E-state index is 13.6. The molecule has 2 N–H and O–H groups in total. The van der Waals surface area contributed by atoms with Crippen molar-refractivity contribution in [3.05, 3.63) is 71.0 Å². The number of ketones is 1. The second kappa shape index (κ2) is 8.27. The van der Waals surface area contributed by atoms with Gasteiger partial charge in [-0.2, -0.15) is 5.26 Å². The topological polar surface area (TPSA) is 84.6 Å². The molecular weight excluding hydrogens is 467 g/mol. The Morgan fingerprint density at radius 1 is 1.27 bits per heavy atom. The highest BCUT2D eigenvalue weighted by atomic mass is 19.1. The number of benzene rings is 1. The van der Waals surface area contributed by atoms with Crippen LogP contribution in [0.2, 0.25) is 0 Å². The predicted octanol–water partition coefficient (Wildman–Crippen LogP) is 5.33. The first-order valence-electron chi connectivity index (χ1n) is 13.3. The van der Waals surface area contributed by atoms with Crippen molar-refractivity contribution in [3.63, 3.8) is 0 Å². The van der Waals surface area contributed by atoms with Gasteiger partial charge in [-0.15, -0.1) is 5.73 Å². The summed E-state index contributed by atoms with van der Waals surface area (Å²) in [5.74, 6) is -0.334. The summed E-state index contributed by atoms with van der Waals surface area (Å²) >= 11 is 0. The first-order chi connectivity index (χ1) is 17.6. The molecule has 0 aromatic heterocycles. The zero-order chi connectivity index (χ0) is 26.2. The zero-order valence-corrected chi connectivity index (χ0v) is 21.4. The summed E-state index contributed by atoms with van der Waals surface area (Å²) in [6, 6.07) is 8.39. The predicted molar refractivity (Wildman–Crippen MR) is 137 cm³/mol. The lowest BCUT2D eigenvalue weighted by Crippen LogP contribution is -2.61. The number of hydrogen-bond acceptors (Lipinski definition) is 5. The monoisotopic (exact) mass is 500 g/mol. The van der Waals surface area contributed by atoms with E-state index >= 15 is 0 Å². The summed E-state index contributed by atoms with van der Waals surface area (Å²) < 4.78 is 13.6. The fourth-order valence-corrected chi connectivity index (χ4v) is 8.81. The van der Waals surface area contributed by atoms with Crippen molar-refractivity contribution in [2.45, 2.75) is 70.5 Å². The maximum Gasteiger partial charge on any atom is 0.178 e. The van der Waals surface area contributed by atoms with Gasteiger partial charge in [-0.3, -0.25) is 4.79 Å². The minimum Gasteiger partial charge on any atom is -0.393 e. The van der Waals surface area contributed by atoms with Gasteiger partial charge in [-0.05, 0) is 104 Å². The number of nitriles is 1. The van der Waals surface area contributed by atoms with Crippen LogP contribution >= 0.6 is 0 Å². The molecule has 5 nitrogen and oxygen atoms in total. The number of hydrogen-bond donors (Lipinski definition) is 2. The minimum absolute atomic E-state index is 0.0200. The third kappa shape index (κ3) is 3.31. The fraction of sp³-hybridized carbons (Fsp3) is 0.516. The number of rotatable bonds is 3. The molecule has 37 heavy (non-hydrogen) atoms. The van der Waals surface area contributed by atoms with Gasteiger partial charge in [0.25, 0.3) is 0 Å². The molecule has 192 valence electrons. The summed E-state index contributed by atoms with van der Waals surface area (Å²) in [6.45, 7) is 4.23. The molecule has 3 saturated carbocycles. The van der Waals surface area contributed by atoms with Crippen LogP contribution in [0.25, 0.3) is 0 Å². The second-order valence-electron chi connectivity index (χ2n) is 12.1. The SMILES string of the molecule is CC12CC3=C(C=C1CCC1C2[C@@H](O)CC2(C)C1CC[C@]2(O)C(=O)CC#N)N(c1ccc(F)cc1)C=C=C3. The largest absolute Gasteiger partial charge is 0.393 e. The van der Waals surface area contributed by atoms with Crippen LogP contribution in [-0.4, -0.2) is 27.7 Å². The number of aliphatic hydroxyl groups excluding tert-OH is 1. The molecule has 5 aliphatic rings. The van der Waals surface area contributed by atoms with Crippen LogP contribution in [0.4, 0.5) is 10.1 Å². The number of carbonyl (C=O) groups excluding carboxylic acids is 1. The Morgan fingerprint density at radius 3 is 2.76 bits per heavy atom. The van der Waals surface area contributed by atoms with Crippen LogP contribution in [0.5, 0.6) is 0 Å². The van der Waals surface area contributed by atoms with Gasteiger partial charge >= 0.3 is 0 Å². The Labute approximate surface area is 217 Å². The van der Waals surface area contributed by atoms with E-state index in [1.165, 1.54) is 17.7 Å². The van der Waals surface area contributed by atoms with Crippen LogP contribution in [0, 0.1) is 45.7 Å². The Bertz CT molecular complexity index is 1330. The normalized spacial score (nSPS) is 39.8. The molecule has 0 bridgehead atoms. The molecule has 3 fully saturated rings. The number of allylic oxidation sites excluding steroid dienone is 4. The zero-order valence-electron chi connectivity index (χ0n) is 21.4. The van der Waals surface area contributed by atoms with Crippen molar-refractivity contribution in [1.29, 1.82) is 5.26 Å². The van der Waals surface area contributed by atoms with E-state index < -0.39 is 22.9 Å². The van der Waals surface area contributed by atoms with E-state index in [2.05, 4.69) is 23.6 Å². The molecule has 1 aromatic rings. The molecule has 5 unspecified atom stereocenters. The average molecular weight is 501 g/mol. The molecule has 6 heteroatoms. The molecule has 0 saturated heterocycles. The fourth-order valence-electron chi connectivity index (χ4n) is 8.81. The summed E-state index contributed by atoms with van der Waals surface area (Å²) in [5, 5.41) is 32.4. The van der Waals surface area contributed by atoms with Crippen molar-refractivity contribution in [2.24, 2.45) is 28.6 Å². The van der Waals surface area contributed by atoms with E-state index in [4.69, 9.17) is 5.26 Å². The second-order valence-corrected chi connectivity index (χ2v) is 12.1. The van der Waals surface area contributed by atoms with Gasteiger partial charge in [0.15, 0.2) is 5.78 Å².